The Morgan fingerprint density at radius 3 is 3.10 bits per heavy atom. The van der Waals surface area contributed by atoms with Gasteiger partial charge in [0.15, 0.2) is 5.13 Å². The molecule has 0 aliphatic rings. The highest BCUT2D eigenvalue weighted by molar-refractivity contribution is 7.15. The molecule has 2 heterocycles. The van der Waals surface area contributed by atoms with Gasteiger partial charge in [-0.15, -0.1) is 11.3 Å². The van der Waals surface area contributed by atoms with Crippen molar-refractivity contribution in [1.29, 1.82) is 0 Å². The number of nitrogens with one attached hydrogen (secondary N) is 1. The Bertz CT molecular complexity index is 809. The van der Waals surface area contributed by atoms with Crippen LogP contribution in [0.1, 0.15) is 10.4 Å². The van der Waals surface area contributed by atoms with E-state index in [1.54, 1.807) is 24.4 Å². The van der Waals surface area contributed by atoms with E-state index in [0.717, 1.165) is 10.4 Å². The minimum atomic E-state index is -0.237. The molecule has 8 nitrogen and oxygen atoms in total. The number of nitrogen functional groups attached to an aromatic ring is 1. The van der Waals surface area contributed by atoms with Crippen LogP contribution in [0.5, 0.6) is 0 Å². The maximum atomic E-state index is 11.7. The number of nitrogens with two attached hydrogens (primary N) is 1. The SMILES string of the molecule is Nc1ncc(CC(=O)N/N=C/c2ccc3nonc3c2)s1. The number of nitrogens with zero attached hydrogens (tertiary/aromatic N) is 4. The molecular formula is C12H10N6O2S. The number of carbonyl (C=O) groups excluding carboxylic acids is 1. The number of hydrazone groups is 1. The second-order valence-electron chi connectivity index (χ2n) is 4.15. The Morgan fingerprint density at radius 2 is 2.29 bits per heavy atom. The lowest BCUT2D eigenvalue weighted by Crippen LogP contribution is -2.19. The van der Waals surface area contributed by atoms with Crippen LogP contribution in [0.4, 0.5) is 5.13 Å². The van der Waals surface area contributed by atoms with Crippen LogP contribution in [0.25, 0.3) is 11.0 Å². The Balaban J connectivity index is 1.59. The molecule has 21 heavy (non-hydrogen) atoms. The smallest absolute Gasteiger partial charge is 0.245 e. The fourth-order valence-corrected chi connectivity index (χ4v) is 2.34. The number of carbonyl (C=O) groups is 1. The van der Waals surface area contributed by atoms with Crippen molar-refractivity contribution in [3.8, 4) is 0 Å². The average Bonchev–Trinajstić information content (AvgIpc) is 3.07. The molecule has 0 bridgehead atoms. The van der Waals surface area contributed by atoms with E-state index < -0.39 is 0 Å². The van der Waals surface area contributed by atoms with Gasteiger partial charge in [-0.2, -0.15) is 5.10 Å². The van der Waals surface area contributed by atoms with Crippen LogP contribution in [-0.2, 0) is 11.2 Å². The van der Waals surface area contributed by atoms with Gasteiger partial charge in [0.1, 0.15) is 11.0 Å². The maximum Gasteiger partial charge on any atom is 0.245 e. The molecule has 3 N–H and O–H groups in total. The lowest BCUT2D eigenvalue weighted by molar-refractivity contribution is -0.120. The fourth-order valence-electron chi connectivity index (χ4n) is 1.66. The molecule has 0 aliphatic carbocycles. The van der Waals surface area contributed by atoms with Crippen LogP contribution < -0.4 is 11.2 Å². The summed E-state index contributed by atoms with van der Waals surface area (Å²) in [5.74, 6) is -0.237. The first kappa shape index (κ1) is 13.2. The average molecular weight is 302 g/mol. The van der Waals surface area contributed by atoms with Gasteiger partial charge in [0, 0.05) is 11.1 Å². The van der Waals surface area contributed by atoms with Gasteiger partial charge in [-0.1, -0.05) is 6.07 Å². The standard InChI is InChI=1S/C12H10N6O2S/c13-12-14-6-8(21-12)4-11(19)16-15-5-7-1-2-9-10(3-7)18-20-17-9/h1-3,5-6H,4H2,(H2,13,14)(H,16,19)/b15-5+. The number of amides is 1. The normalized spacial score (nSPS) is 11.2. The van der Waals surface area contributed by atoms with Crippen LogP contribution in [0.3, 0.4) is 0 Å². The number of hydrogen-bond acceptors (Lipinski definition) is 8. The lowest BCUT2D eigenvalue weighted by Gasteiger charge is -1.96. The Labute approximate surface area is 122 Å². The summed E-state index contributed by atoms with van der Waals surface area (Å²) >= 11 is 1.28. The van der Waals surface area contributed by atoms with Gasteiger partial charge in [0.2, 0.25) is 5.91 Å². The molecule has 0 radical (unpaired) electrons. The molecule has 106 valence electrons. The third-order valence-corrected chi connectivity index (χ3v) is 3.41. The van der Waals surface area contributed by atoms with E-state index in [0.29, 0.717) is 16.2 Å². The number of thiazole rings is 1. The van der Waals surface area contributed by atoms with Gasteiger partial charge in [-0.25, -0.2) is 15.0 Å². The lowest BCUT2D eigenvalue weighted by atomic mass is 10.2. The molecule has 1 amide bonds. The first-order valence-corrected chi connectivity index (χ1v) is 6.77. The highest BCUT2D eigenvalue weighted by Gasteiger charge is 2.05. The quantitative estimate of drug-likeness (QED) is 0.547. The number of benzene rings is 1. The van der Waals surface area contributed by atoms with Crippen molar-refractivity contribution < 1.29 is 9.42 Å². The summed E-state index contributed by atoms with van der Waals surface area (Å²) in [5.41, 5.74) is 10.0. The van der Waals surface area contributed by atoms with Crippen molar-refractivity contribution in [2.75, 3.05) is 5.73 Å². The molecule has 3 aromatic rings. The zero-order chi connectivity index (χ0) is 14.7. The molecule has 0 aliphatic heterocycles. The summed E-state index contributed by atoms with van der Waals surface area (Å²) in [7, 11) is 0. The van der Waals surface area contributed by atoms with E-state index >= 15 is 0 Å². The highest BCUT2D eigenvalue weighted by Crippen LogP contribution is 2.14. The van der Waals surface area contributed by atoms with E-state index in [-0.39, 0.29) is 12.3 Å². The van der Waals surface area contributed by atoms with Crippen LogP contribution in [0.2, 0.25) is 0 Å². The number of hydrogen-bond donors (Lipinski definition) is 2. The zero-order valence-electron chi connectivity index (χ0n) is 10.7. The highest BCUT2D eigenvalue weighted by atomic mass is 32.1. The molecule has 0 saturated carbocycles. The van der Waals surface area contributed by atoms with Crippen molar-refractivity contribution in [3.63, 3.8) is 0 Å². The monoisotopic (exact) mass is 302 g/mol. The molecule has 0 fully saturated rings. The van der Waals surface area contributed by atoms with E-state index in [1.807, 2.05) is 0 Å². The predicted octanol–water partition coefficient (Wildman–Crippen LogP) is 0.954. The summed E-state index contributed by atoms with van der Waals surface area (Å²) in [5, 5.41) is 11.8. The summed E-state index contributed by atoms with van der Waals surface area (Å²) in [6.45, 7) is 0. The van der Waals surface area contributed by atoms with Gasteiger partial charge in [0.05, 0.1) is 12.6 Å². The molecule has 1 aromatic carbocycles. The van der Waals surface area contributed by atoms with E-state index in [2.05, 4.69) is 30.5 Å². The summed E-state index contributed by atoms with van der Waals surface area (Å²) < 4.78 is 4.60. The molecular weight excluding hydrogens is 292 g/mol. The third kappa shape index (κ3) is 3.20. The summed E-state index contributed by atoms with van der Waals surface area (Å²) in [4.78, 5) is 16.3. The van der Waals surface area contributed by atoms with Gasteiger partial charge < -0.3 is 5.73 Å². The van der Waals surface area contributed by atoms with Crippen LogP contribution in [-0.4, -0.2) is 27.4 Å². The topological polar surface area (TPSA) is 119 Å². The summed E-state index contributed by atoms with van der Waals surface area (Å²) in [6, 6.07) is 5.31. The van der Waals surface area contributed by atoms with Crippen LogP contribution >= 0.6 is 11.3 Å². The van der Waals surface area contributed by atoms with Gasteiger partial charge in [-0.3, -0.25) is 4.79 Å². The van der Waals surface area contributed by atoms with Crippen LogP contribution in [0, 0.1) is 0 Å². The maximum absolute atomic E-state index is 11.7. The number of fused-ring (bicyclic) bond motifs is 1. The van der Waals surface area contributed by atoms with Gasteiger partial charge >= 0.3 is 0 Å². The minimum absolute atomic E-state index is 0.193. The molecule has 0 spiro atoms. The second kappa shape index (κ2) is 5.67. The van der Waals surface area contributed by atoms with Crippen molar-refractivity contribution in [3.05, 3.63) is 34.8 Å². The Morgan fingerprint density at radius 1 is 1.43 bits per heavy atom. The molecule has 0 saturated heterocycles. The first-order valence-electron chi connectivity index (χ1n) is 5.95. The Hall–Kier alpha value is -2.81. The number of aromatic nitrogens is 3. The molecule has 3 rings (SSSR count). The third-order valence-electron chi connectivity index (χ3n) is 2.59. The van der Waals surface area contributed by atoms with Gasteiger partial charge in [-0.05, 0) is 28.0 Å². The predicted molar refractivity (Wildman–Crippen MR) is 77.8 cm³/mol. The molecule has 2 aromatic heterocycles. The zero-order valence-corrected chi connectivity index (χ0v) is 11.5. The van der Waals surface area contributed by atoms with E-state index in [4.69, 9.17) is 5.73 Å². The summed E-state index contributed by atoms with van der Waals surface area (Å²) in [6.07, 6.45) is 3.29. The Kier molecular flexibility index (Phi) is 3.56. The minimum Gasteiger partial charge on any atom is -0.375 e. The molecule has 9 heteroatoms. The van der Waals surface area contributed by atoms with E-state index in [1.165, 1.54) is 17.6 Å². The second-order valence-corrected chi connectivity index (χ2v) is 5.29. The van der Waals surface area contributed by atoms with Gasteiger partial charge in [0.25, 0.3) is 0 Å². The van der Waals surface area contributed by atoms with E-state index in [9.17, 15) is 4.79 Å². The number of rotatable bonds is 4. The van der Waals surface area contributed by atoms with Crippen molar-refractivity contribution in [2.24, 2.45) is 5.10 Å². The van der Waals surface area contributed by atoms with Crippen molar-refractivity contribution in [2.45, 2.75) is 6.42 Å². The van der Waals surface area contributed by atoms with Crippen molar-refractivity contribution in [1.82, 2.24) is 20.7 Å². The molecule has 0 unspecified atom stereocenters. The van der Waals surface area contributed by atoms with Crippen LogP contribution in [0.15, 0.2) is 34.1 Å². The fraction of sp³-hybridized carbons (Fsp3) is 0.0833. The first-order chi connectivity index (χ1) is 10.2. The number of anilines is 1. The molecule has 0 atom stereocenters. The largest absolute Gasteiger partial charge is 0.375 e. The van der Waals surface area contributed by atoms with Crippen molar-refractivity contribution >= 4 is 39.6 Å².